The monoisotopic (exact) mass is 465 g/mol. The molecule has 0 radical (unpaired) electrons. The lowest BCUT2D eigenvalue weighted by molar-refractivity contribution is -0.135. The van der Waals surface area contributed by atoms with Crippen molar-refractivity contribution in [2.45, 2.75) is 11.4 Å². The highest BCUT2D eigenvalue weighted by atomic mass is 79.9. The van der Waals surface area contributed by atoms with Crippen LogP contribution in [0, 0.1) is 17.5 Å². The number of hydrogen-bond donors (Lipinski definition) is 1. The van der Waals surface area contributed by atoms with Crippen molar-refractivity contribution in [3.8, 4) is 0 Å². The molecule has 2 heterocycles. The lowest BCUT2D eigenvalue weighted by atomic mass is 10.2. The van der Waals surface area contributed by atoms with Crippen LogP contribution in [0.4, 0.5) is 19.0 Å². The van der Waals surface area contributed by atoms with Gasteiger partial charge in [-0.05, 0) is 28.1 Å². The molecule has 0 spiro atoms. The zero-order valence-electron chi connectivity index (χ0n) is 13.4. The molecule has 7 nitrogen and oxygen atoms in total. The van der Waals surface area contributed by atoms with Crippen LogP contribution < -0.4 is 4.90 Å². The van der Waals surface area contributed by atoms with Crippen molar-refractivity contribution in [3.63, 3.8) is 0 Å². The first kappa shape index (κ1) is 19.6. The Balaban J connectivity index is 2.06. The molecule has 0 bridgehead atoms. The van der Waals surface area contributed by atoms with E-state index < -0.39 is 53.2 Å². The first-order valence-electron chi connectivity index (χ1n) is 7.35. The Labute approximate surface area is 160 Å². The molecule has 1 N–H and O–H groups in total. The molecule has 1 aromatic heterocycles. The maximum atomic E-state index is 13.9. The summed E-state index contributed by atoms with van der Waals surface area (Å²) in [6.45, 7) is -1.63. The van der Waals surface area contributed by atoms with Crippen LogP contribution in [0.5, 0.6) is 0 Å². The van der Waals surface area contributed by atoms with Gasteiger partial charge < -0.3 is 10.0 Å². The highest BCUT2D eigenvalue weighted by Gasteiger charge is 2.37. The number of rotatable bonds is 4. The van der Waals surface area contributed by atoms with Gasteiger partial charge in [0.15, 0.2) is 11.6 Å². The molecular weight excluding hydrogens is 455 g/mol. The molecule has 2 aromatic rings. The van der Waals surface area contributed by atoms with Crippen LogP contribution >= 0.6 is 15.9 Å². The van der Waals surface area contributed by atoms with Gasteiger partial charge in [0.25, 0.3) is 0 Å². The Bertz CT molecular complexity index is 1040. The number of fused-ring (bicyclic) bond motifs is 1. The fraction of sp³-hybridized carbons (Fsp3) is 0.200. The van der Waals surface area contributed by atoms with Crippen molar-refractivity contribution in [1.82, 2.24) is 9.29 Å². The van der Waals surface area contributed by atoms with Gasteiger partial charge in [-0.2, -0.15) is 4.31 Å². The van der Waals surface area contributed by atoms with Crippen molar-refractivity contribution in [2.24, 2.45) is 0 Å². The van der Waals surface area contributed by atoms with Crippen LogP contribution in [0.2, 0.25) is 0 Å². The van der Waals surface area contributed by atoms with Crippen LogP contribution in [-0.4, -0.2) is 42.0 Å². The second kappa shape index (κ2) is 7.09. The molecule has 27 heavy (non-hydrogen) atoms. The lowest BCUT2D eigenvalue weighted by Crippen LogP contribution is -2.48. The summed E-state index contributed by atoms with van der Waals surface area (Å²) in [6.07, 6.45) is 1.31. The summed E-state index contributed by atoms with van der Waals surface area (Å²) in [7, 11) is -4.19. The molecule has 0 saturated carbocycles. The van der Waals surface area contributed by atoms with Gasteiger partial charge in [0.1, 0.15) is 23.1 Å². The molecule has 1 aliphatic rings. The number of halogens is 4. The summed E-state index contributed by atoms with van der Waals surface area (Å²) in [4.78, 5) is 16.0. The summed E-state index contributed by atoms with van der Waals surface area (Å²) in [5, 5.41) is 9.07. The maximum Gasteiger partial charge on any atom is 0.323 e. The molecule has 0 amide bonds. The molecule has 3 rings (SSSR count). The average molecular weight is 466 g/mol. The Morgan fingerprint density at radius 1 is 1.19 bits per heavy atom. The number of hydrogen-bond acceptors (Lipinski definition) is 5. The van der Waals surface area contributed by atoms with Crippen molar-refractivity contribution < 1.29 is 31.5 Å². The summed E-state index contributed by atoms with van der Waals surface area (Å²) in [5.74, 6) is -5.14. The third kappa shape index (κ3) is 3.77. The van der Waals surface area contributed by atoms with Gasteiger partial charge in [-0.3, -0.25) is 4.79 Å². The number of carboxylic acids is 1. The third-order valence-electron chi connectivity index (χ3n) is 3.81. The van der Waals surface area contributed by atoms with Crippen LogP contribution in [0.3, 0.4) is 0 Å². The maximum absolute atomic E-state index is 13.9. The van der Waals surface area contributed by atoms with Gasteiger partial charge in [-0.25, -0.2) is 26.6 Å². The number of sulfonamides is 1. The number of benzene rings is 1. The molecule has 12 heteroatoms. The number of aliphatic carboxylic acids is 1. The van der Waals surface area contributed by atoms with E-state index in [9.17, 15) is 26.4 Å². The van der Waals surface area contributed by atoms with E-state index in [0.717, 1.165) is 4.31 Å². The topological polar surface area (TPSA) is 90.8 Å². The zero-order chi connectivity index (χ0) is 19.9. The van der Waals surface area contributed by atoms with Crippen molar-refractivity contribution in [2.75, 3.05) is 18.1 Å². The SMILES string of the molecule is O=C(O)CN1CN(Cc2cc(F)c(F)cc2F)S(=O)(=O)c2cc(Br)cnc21. The lowest BCUT2D eigenvalue weighted by Gasteiger charge is -2.35. The molecule has 0 aliphatic carbocycles. The van der Waals surface area contributed by atoms with Gasteiger partial charge >= 0.3 is 5.97 Å². The number of pyridine rings is 1. The van der Waals surface area contributed by atoms with E-state index in [1.807, 2.05) is 0 Å². The summed E-state index contributed by atoms with van der Waals surface area (Å²) in [6, 6.07) is 2.12. The second-order valence-corrected chi connectivity index (χ2v) is 8.50. The van der Waals surface area contributed by atoms with Gasteiger partial charge in [-0.1, -0.05) is 0 Å². The van der Waals surface area contributed by atoms with Crippen molar-refractivity contribution in [3.05, 3.63) is 51.9 Å². The Hall–Kier alpha value is -2.18. The smallest absolute Gasteiger partial charge is 0.323 e. The molecule has 0 atom stereocenters. The number of carbonyl (C=O) groups is 1. The summed E-state index contributed by atoms with van der Waals surface area (Å²) < 4.78 is 67.3. The highest BCUT2D eigenvalue weighted by Crippen LogP contribution is 2.34. The van der Waals surface area contributed by atoms with E-state index >= 15 is 0 Å². The van der Waals surface area contributed by atoms with E-state index in [0.29, 0.717) is 16.6 Å². The fourth-order valence-corrected chi connectivity index (χ4v) is 4.66. The van der Waals surface area contributed by atoms with Gasteiger partial charge in [0.05, 0.1) is 6.67 Å². The highest BCUT2D eigenvalue weighted by molar-refractivity contribution is 9.10. The normalized spacial score (nSPS) is 16.2. The van der Waals surface area contributed by atoms with Crippen molar-refractivity contribution >= 4 is 37.7 Å². The number of anilines is 1. The van der Waals surface area contributed by atoms with Gasteiger partial charge in [-0.15, -0.1) is 0 Å². The largest absolute Gasteiger partial charge is 0.480 e. The average Bonchev–Trinajstić information content (AvgIpc) is 2.56. The molecule has 144 valence electrons. The van der Waals surface area contributed by atoms with E-state index in [2.05, 4.69) is 20.9 Å². The minimum Gasteiger partial charge on any atom is -0.480 e. The Kier molecular flexibility index (Phi) is 5.14. The van der Waals surface area contributed by atoms with Gasteiger partial charge in [0.2, 0.25) is 10.0 Å². The van der Waals surface area contributed by atoms with E-state index in [1.54, 1.807) is 0 Å². The molecule has 0 fully saturated rings. The molecule has 1 aromatic carbocycles. The predicted molar refractivity (Wildman–Crippen MR) is 90.8 cm³/mol. The van der Waals surface area contributed by atoms with Crippen LogP contribution in [0.15, 0.2) is 33.8 Å². The number of aromatic nitrogens is 1. The third-order valence-corrected chi connectivity index (χ3v) is 6.02. The second-order valence-electron chi connectivity index (χ2n) is 5.68. The van der Waals surface area contributed by atoms with E-state index in [1.165, 1.54) is 17.2 Å². The molecule has 0 unspecified atom stereocenters. The first-order chi connectivity index (χ1) is 12.6. The number of carboxylic acid groups (broad SMARTS) is 1. The molecule has 1 aliphatic heterocycles. The van der Waals surface area contributed by atoms with Crippen molar-refractivity contribution in [1.29, 1.82) is 0 Å². The summed E-state index contributed by atoms with van der Waals surface area (Å²) >= 11 is 3.10. The zero-order valence-corrected chi connectivity index (χ0v) is 15.8. The fourth-order valence-electron chi connectivity index (χ4n) is 2.61. The molecule has 0 saturated heterocycles. The Morgan fingerprint density at radius 3 is 2.52 bits per heavy atom. The standard InChI is InChI=1S/C15H11BrF3N3O4S/c16-9-2-13-15(20-4-9)21(6-14(23)24)7-22(27(13,25)26)5-8-1-11(18)12(19)3-10(8)17/h1-4H,5-7H2,(H,23,24). The first-order valence-corrected chi connectivity index (χ1v) is 9.58. The predicted octanol–water partition coefficient (Wildman–Crippen LogP) is 2.31. The quantitative estimate of drug-likeness (QED) is 0.696. The van der Waals surface area contributed by atoms with Crippen LogP contribution in [0.25, 0.3) is 0 Å². The van der Waals surface area contributed by atoms with E-state index in [4.69, 9.17) is 5.11 Å². The van der Waals surface area contributed by atoms with Crippen LogP contribution in [-0.2, 0) is 21.4 Å². The van der Waals surface area contributed by atoms with Gasteiger partial charge in [0, 0.05) is 28.8 Å². The minimum atomic E-state index is -4.19. The summed E-state index contributed by atoms with van der Waals surface area (Å²) in [5.41, 5.74) is -0.390. The minimum absolute atomic E-state index is 0.0670. The van der Waals surface area contributed by atoms with E-state index in [-0.39, 0.29) is 16.3 Å². The van der Waals surface area contributed by atoms with Crippen LogP contribution in [0.1, 0.15) is 5.56 Å². The number of nitrogens with zero attached hydrogens (tertiary/aromatic N) is 3. The molecular formula is C15H11BrF3N3O4S. The Morgan fingerprint density at radius 2 is 1.85 bits per heavy atom.